The third-order valence-electron chi connectivity index (χ3n) is 8.83. The average molecular weight is 689 g/mol. The maximum absolute atomic E-state index is 16.1. The molecule has 0 radical (unpaired) electrons. The molecule has 4 heterocycles. The number of rotatable bonds is 6. The van der Waals surface area contributed by atoms with Crippen LogP contribution in [0.4, 0.5) is 27.8 Å². The summed E-state index contributed by atoms with van der Waals surface area (Å²) < 4.78 is 102. The number of sulfone groups is 1. The fourth-order valence-corrected chi connectivity index (χ4v) is 8.27. The summed E-state index contributed by atoms with van der Waals surface area (Å²) in [6, 6.07) is 3.66. The molecule has 48 heavy (non-hydrogen) atoms. The Labute approximate surface area is 271 Å². The van der Waals surface area contributed by atoms with Gasteiger partial charge in [0.15, 0.2) is 21.3 Å². The van der Waals surface area contributed by atoms with E-state index in [1.807, 2.05) is 0 Å². The molecule has 1 saturated heterocycles. The molecule has 252 valence electrons. The molecule has 0 unspecified atom stereocenters. The van der Waals surface area contributed by atoms with E-state index in [0.717, 1.165) is 28.8 Å². The number of aryl methyl sites for hydroxylation is 1. The molecule has 6 rings (SSSR count). The van der Waals surface area contributed by atoms with Crippen molar-refractivity contribution in [1.82, 2.24) is 24.4 Å². The maximum Gasteiger partial charge on any atom is 0.417 e. The van der Waals surface area contributed by atoms with E-state index < -0.39 is 67.1 Å². The zero-order valence-corrected chi connectivity index (χ0v) is 26.6. The molecule has 1 aromatic carbocycles. The lowest BCUT2D eigenvalue weighted by Gasteiger charge is -2.40. The van der Waals surface area contributed by atoms with Crippen LogP contribution >= 0.6 is 0 Å². The lowest BCUT2D eigenvalue weighted by atomic mass is 10.00. The number of alkyl halides is 3. The number of aromatic nitrogens is 4. The summed E-state index contributed by atoms with van der Waals surface area (Å²) in [5.74, 6) is -3.19. The van der Waals surface area contributed by atoms with E-state index in [-0.39, 0.29) is 53.0 Å². The van der Waals surface area contributed by atoms with Crippen molar-refractivity contribution in [3.63, 3.8) is 0 Å². The first-order chi connectivity index (χ1) is 22.6. The summed E-state index contributed by atoms with van der Waals surface area (Å²) >= 11 is 0. The predicted molar refractivity (Wildman–Crippen MR) is 166 cm³/mol. The monoisotopic (exact) mass is 688 g/mol. The summed E-state index contributed by atoms with van der Waals surface area (Å²) in [6.45, 7) is 7.11. The Morgan fingerprint density at radius 3 is 2.44 bits per heavy atom. The smallest absolute Gasteiger partial charge is 0.350 e. The minimum atomic E-state index is -5.11. The van der Waals surface area contributed by atoms with Crippen molar-refractivity contribution in [2.24, 2.45) is 0 Å². The zero-order valence-electron chi connectivity index (χ0n) is 25.8. The van der Waals surface area contributed by atoms with Crippen molar-refractivity contribution in [2.75, 3.05) is 24.5 Å². The number of piperazine rings is 1. The second-order valence-electron chi connectivity index (χ2n) is 11.8. The molecule has 1 saturated carbocycles. The standard InChI is InChI=1S/C32H29F5N6O4S/c1-4-25(44)41-13-14-42(17(2)16-41)29-20-15-23(34)27(26-21(32(35,36)37)9-6-10-22(26)33)39-30(20)43(31(45)40-29)28-18(3)38-12-11-24(28)48(46,47)19-7-5-8-19/h4,6,9-12,15,17,19H,1,5,7-8,13-14,16H2,2-3H3/t17-/m0/s1. The Morgan fingerprint density at radius 2 is 1.81 bits per heavy atom. The van der Waals surface area contributed by atoms with Gasteiger partial charge in [-0.25, -0.2) is 31.5 Å². The SMILES string of the molecule is C=CC(=O)N1CCN(c2nc(=O)n(-c3c(S(=O)(=O)C4CCC4)ccnc3C)c3nc(-c4c(F)cccc4C(F)(F)F)c(F)cc23)[C@@H](C)C1. The Balaban J connectivity index is 1.68. The van der Waals surface area contributed by atoms with Crippen LogP contribution in [0.15, 0.2) is 58.9 Å². The largest absolute Gasteiger partial charge is 0.417 e. The molecule has 10 nitrogen and oxygen atoms in total. The molecule has 0 N–H and O–H groups in total. The third-order valence-corrected chi connectivity index (χ3v) is 11.1. The lowest BCUT2D eigenvalue weighted by molar-refractivity contribution is -0.137. The van der Waals surface area contributed by atoms with E-state index >= 15 is 8.78 Å². The zero-order chi connectivity index (χ0) is 34.7. The van der Waals surface area contributed by atoms with Gasteiger partial charge in [0.2, 0.25) is 5.91 Å². The van der Waals surface area contributed by atoms with Gasteiger partial charge in [-0.05, 0) is 57.0 Å². The molecule has 1 amide bonds. The highest BCUT2D eigenvalue weighted by atomic mass is 32.2. The van der Waals surface area contributed by atoms with Crippen molar-refractivity contribution >= 4 is 32.6 Å². The molecule has 4 aromatic rings. The highest BCUT2D eigenvalue weighted by molar-refractivity contribution is 7.92. The molecule has 1 atom stereocenters. The molecule has 2 fully saturated rings. The van der Waals surface area contributed by atoms with E-state index in [9.17, 15) is 31.2 Å². The number of halogens is 5. The van der Waals surface area contributed by atoms with Crippen LogP contribution in [-0.2, 0) is 20.8 Å². The molecule has 0 spiro atoms. The van der Waals surface area contributed by atoms with Gasteiger partial charge in [0, 0.05) is 31.9 Å². The molecular weight excluding hydrogens is 659 g/mol. The van der Waals surface area contributed by atoms with Gasteiger partial charge in [-0.3, -0.25) is 9.78 Å². The van der Waals surface area contributed by atoms with Crippen molar-refractivity contribution in [3.05, 3.63) is 82.6 Å². The minimum Gasteiger partial charge on any atom is -0.350 e. The number of benzene rings is 1. The normalized spacial score (nSPS) is 17.4. The van der Waals surface area contributed by atoms with E-state index in [1.165, 1.54) is 24.1 Å². The van der Waals surface area contributed by atoms with Crippen molar-refractivity contribution in [3.8, 4) is 16.9 Å². The Morgan fingerprint density at radius 1 is 1.08 bits per heavy atom. The van der Waals surface area contributed by atoms with Crippen LogP contribution in [0.5, 0.6) is 0 Å². The first kappa shape index (κ1) is 33.2. The average Bonchev–Trinajstić information content (AvgIpc) is 2.99. The van der Waals surface area contributed by atoms with E-state index in [4.69, 9.17) is 0 Å². The van der Waals surface area contributed by atoms with Crippen LogP contribution in [0, 0.1) is 18.6 Å². The molecule has 16 heteroatoms. The highest BCUT2D eigenvalue weighted by Crippen LogP contribution is 2.41. The Bertz CT molecular complexity index is 2150. The first-order valence-corrected chi connectivity index (χ1v) is 16.6. The fourth-order valence-electron chi connectivity index (χ4n) is 6.20. The van der Waals surface area contributed by atoms with Crippen molar-refractivity contribution < 1.29 is 35.2 Å². The van der Waals surface area contributed by atoms with Crippen LogP contribution in [0.1, 0.15) is 37.4 Å². The summed E-state index contributed by atoms with van der Waals surface area (Å²) in [7, 11) is -4.04. The second kappa shape index (κ2) is 12.1. The van der Waals surface area contributed by atoms with Crippen LogP contribution in [0.25, 0.3) is 28.0 Å². The van der Waals surface area contributed by atoms with Crippen LogP contribution < -0.4 is 10.6 Å². The third kappa shape index (κ3) is 5.50. The Kier molecular flexibility index (Phi) is 8.34. The maximum atomic E-state index is 16.1. The molecule has 0 bridgehead atoms. The van der Waals surface area contributed by atoms with Crippen LogP contribution in [0.3, 0.4) is 0 Å². The predicted octanol–water partition coefficient (Wildman–Crippen LogP) is 5.00. The van der Waals surface area contributed by atoms with Gasteiger partial charge in [-0.15, -0.1) is 0 Å². The number of hydrogen-bond donors (Lipinski definition) is 0. The summed E-state index contributed by atoms with van der Waals surface area (Å²) in [5.41, 5.74) is -5.47. The number of pyridine rings is 2. The molecule has 3 aromatic heterocycles. The number of carbonyl (C=O) groups excluding carboxylic acids is 1. The van der Waals surface area contributed by atoms with Gasteiger partial charge in [-0.2, -0.15) is 18.2 Å². The first-order valence-electron chi connectivity index (χ1n) is 15.0. The number of hydrogen-bond acceptors (Lipinski definition) is 8. The van der Waals surface area contributed by atoms with Gasteiger partial charge in [0.05, 0.1) is 38.0 Å². The molecule has 1 aliphatic carbocycles. The summed E-state index contributed by atoms with van der Waals surface area (Å²) in [6.07, 6.45) is -1.25. The van der Waals surface area contributed by atoms with E-state index in [0.29, 0.717) is 25.3 Å². The Hall–Kier alpha value is -4.73. The van der Waals surface area contributed by atoms with Crippen molar-refractivity contribution in [2.45, 2.75) is 55.5 Å². The van der Waals surface area contributed by atoms with Gasteiger partial charge in [0.25, 0.3) is 0 Å². The quantitative estimate of drug-likeness (QED) is 0.205. The van der Waals surface area contributed by atoms with E-state index in [2.05, 4.69) is 21.5 Å². The van der Waals surface area contributed by atoms with Crippen LogP contribution in [-0.4, -0.2) is 69.7 Å². The number of anilines is 1. The summed E-state index contributed by atoms with van der Waals surface area (Å²) in [5, 5.41) is -0.900. The lowest BCUT2D eigenvalue weighted by Crippen LogP contribution is -2.54. The number of carbonyl (C=O) groups is 1. The summed E-state index contributed by atoms with van der Waals surface area (Å²) in [4.78, 5) is 41.8. The van der Waals surface area contributed by atoms with Gasteiger partial charge in [0.1, 0.15) is 17.3 Å². The van der Waals surface area contributed by atoms with Crippen molar-refractivity contribution in [1.29, 1.82) is 0 Å². The second-order valence-corrected chi connectivity index (χ2v) is 14.0. The van der Waals surface area contributed by atoms with Gasteiger partial charge >= 0.3 is 11.9 Å². The fraction of sp³-hybridized carbons (Fsp3) is 0.344. The molecule has 2 aliphatic rings. The number of nitrogens with zero attached hydrogens (tertiary/aromatic N) is 6. The molecule has 1 aliphatic heterocycles. The van der Waals surface area contributed by atoms with E-state index in [1.54, 1.807) is 11.8 Å². The van der Waals surface area contributed by atoms with Gasteiger partial charge in [-0.1, -0.05) is 19.1 Å². The molecular formula is C32H29F5N6O4S. The van der Waals surface area contributed by atoms with Gasteiger partial charge < -0.3 is 9.80 Å². The van der Waals surface area contributed by atoms with Crippen LogP contribution in [0.2, 0.25) is 0 Å². The highest BCUT2D eigenvalue weighted by Gasteiger charge is 2.39. The topological polar surface area (TPSA) is 118 Å². The number of amides is 1. The minimum absolute atomic E-state index is 0.0489. The number of fused-ring (bicyclic) bond motifs is 1.